The zero-order valence-electron chi connectivity index (χ0n) is 16.7. The van der Waals surface area contributed by atoms with E-state index >= 15 is 0 Å². The molecule has 0 aliphatic carbocycles. The SMILES string of the molecule is COc1ccc(NC(N)=NCC2CCCCN2S(=O)(=O)N(C)C)cc1OC.I. The van der Waals surface area contributed by atoms with Crippen molar-refractivity contribution in [2.24, 2.45) is 10.7 Å². The Morgan fingerprint density at radius 3 is 2.57 bits per heavy atom. The Labute approximate surface area is 184 Å². The number of halogens is 1. The van der Waals surface area contributed by atoms with Gasteiger partial charge in [0.15, 0.2) is 17.5 Å². The van der Waals surface area contributed by atoms with Crippen LogP contribution in [0.25, 0.3) is 0 Å². The highest BCUT2D eigenvalue weighted by Crippen LogP contribution is 2.29. The number of nitrogens with one attached hydrogen (secondary N) is 1. The minimum Gasteiger partial charge on any atom is -0.493 e. The van der Waals surface area contributed by atoms with Crippen molar-refractivity contribution in [2.45, 2.75) is 25.3 Å². The highest BCUT2D eigenvalue weighted by Gasteiger charge is 2.33. The van der Waals surface area contributed by atoms with Crippen LogP contribution in [-0.2, 0) is 10.2 Å². The van der Waals surface area contributed by atoms with Crippen LogP contribution in [0.2, 0.25) is 0 Å². The summed E-state index contributed by atoms with van der Waals surface area (Å²) in [4.78, 5) is 4.35. The minimum atomic E-state index is -3.47. The number of piperidine rings is 1. The summed E-state index contributed by atoms with van der Waals surface area (Å²) in [5.74, 6) is 1.41. The van der Waals surface area contributed by atoms with Gasteiger partial charge in [-0.2, -0.15) is 17.0 Å². The number of anilines is 1. The molecule has 160 valence electrons. The van der Waals surface area contributed by atoms with Crippen LogP contribution >= 0.6 is 24.0 Å². The van der Waals surface area contributed by atoms with Gasteiger partial charge in [-0.1, -0.05) is 6.42 Å². The topological polar surface area (TPSA) is 109 Å². The van der Waals surface area contributed by atoms with Crippen molar-refractivity contribution in [3.05, 3.63) is 18.2 Å². The molecule has 1 unspecified atom stereocenters. The summed E-state index contributed by atoms with van der Waals surface area (Å²) in [5, 5.41) is 3.00. The molecule has 1 heterocycles. The van der Waals surface area contributed by atoms with Gasteiger partial charge in [0, 0.05) is 38.4 Å². The number of rotatable bonds is 7. The molecular formula is C17H30IN5O4S. The fraction of sp³-hybridized carbons (Fsp3) is 0.588. The van der Waals surface area contributed by atoms with E-state index in [1.54, 1.807) is 32.4 Å². The molecule has 1 saturated heterocycles. The maximum atomic E-state index is 12.5. The zero-order valence-corrected chi connectivity index (χ0v) is 19.9. The number of nitrogens with two attached hydrogens (primary N) is 1. The van der Waals surface area contributed by atoms with Crippen molar-refractivity contribution in [3.8, 4) is 11.5 Å². The second kappa shape index (κ2) is 11.0. The average Bonchev–Trinajstić information content (AvgIpc) is 2.66. The molecule has 0 spiro atoms. The summed E-state index contributed by atoms with van der Waals surface area (Å²) < 4.78 is 38.2. The molecule has 3 N–H and O–H groups in total. The number of methoxy groups -OCH3 is 2. The molecule has 0 aromatic heterocycles. The second-order valence-corrected chi connectivity index (χ2v) is 8.57. The molecule has 0 saturated carbocycles. The van der Waals surface area contributed by atoms with Crippen molar-refractivity contribution >= 4 is 45.8 Å². The molecule has 1 atom stereocenters. The van der Waals surface area contributed by atoms with E-state index in [0.717, 1.165) is 19.3 Å². The fourth-order valence-corrected chi connectivity index (χ4v) is 4.30. The lowest BCUT2D eigenvalue weighted by molar-refractivity contribution is 0.245. The van der Waals surface area contributed by atoms with Gasteiger partial charge in [0.2, 0.25) is 0 Å². The summed E-state index contributed by atoms with van der Waals surface area (Å²) >= 11 is 0. The van der Waals surface area contributed by atoms with E-state index in [-0.39, 0.29) is 36.0 Å². The number of guanidine groups is 1. The number of hydrogen-bond acceptors (Lipinski definition) is 5. The molecule has 0 radical (unpaired) electrons. The van der Waals surface area contributed by atoms with Crippen molar-refractivity contribution in [2.75, 3.05) is 46.7 Å². The third-order valence-electron chi connectivity index (χ3n) is 4.46. The molecule has 2 rings (SSSR count). The lowest BCUT2D eigenvalue weighted by atomic mass is 10.1. The van der Waals surface area contributed by atoms with Gasteiger partial charge < -0.3 is 20.5 Å². The molecule has 28 heavy (non-hydrogen) atoms. The summed E-state index contributed by atoms with van der Waals surface area (Å²) in [6.45, 7) is 0.808. The van der Waals surface area contributed by atoms with E-state index < -0.39 is 10.2 Å². The lowest BCUT2D eigenvalue weighted by Gasteiger charge is -2.35. The van der Waals surface area contributed by atoms with Crippen molar-refractivity contribution < 1.29 is 17.9 Å². The second-order valence-electron chi connectivity index (χ2n) is 6.47. The van der Waals surface area contributed by atoms with Crippen LogP contribution in [0.4, 0.5) is 5.69 Å². The van der Waals surface area contributed by atoms with Crippen LogP contribution in [0, 0.1) is 0 Å². The largest absolute Gasteiger partial charge is 0.493 e. The number of ether oxygens (including phenoxy) is 2. The maximum absolute atomic E-state index is 12.5. The Balaban J connectivity index is 0.00000392. The smallest absolute Gasteiger partial charge is 0.281 e. The molecule has 1 aliphatic rings. The van der Waals surface area contributed by atoms with Gasteiger partial charge in [-0.05, 0) is 25.0 Å². The Morgan fingerprint density at radius 2 is 1.96 bits per heavy atom. The van der Waals surface area contributed by atoms with Gasteiger partial charge in [-0.25, -0.2) is 0 Å². The van der Waals surface area contributed by atoms with Gasteiger partial charge in [-0.15, -0.1) is 24.0 Å². The molecule has 0 amide bonds. The molecule has 0 bridgehead atoms. The van der Waals surface area contributed by atoms with Gasteiger partial charge in [-0.3, -0.25) is 4.99 Å². The number of benzene rings is 1. The normalized spacial score (nSPS) is 18.5. The highest BCUT2D eigenvalue weighted by molar-refractivity contribution is 14.0. The molecular weight excluding hydrogens is 497 g/mol. The van der Waals surface area contributed by atoms with E-state index in [1.165, 1.54) is 22.7 Å². The standard InChI is InChI=1S/C17H29N5O4S.HI/c1-21(2)27(23,24)22-10-6-5-7-14(22)12-19-17(18)20-13-8-9-15(25-3)16(11-13)26-4;/h8-9,11,14H,5-7,10,12H2,1-4H3,(H3,18,19,20);1H. The Bertz CT molecular complexity index is 773. The van der Waals surface area contributed by atoms with E-state index in [9.17, 15) is 8.42 Å². The quantitative estimate of drug-likeness (QED) is 0.318. The molecule has 1 fully saturated rings. The van der Waals surface area contributed by atoms with E-state index in [4.69, 9.17) is 15.2 Å². The summed E-state index contributed by atoms with van der Waals surface area (Å²) in [5.41, 5.74) is 6.69. The van der Waals surface area contributed by atoms with Crippen LogP contribution in [0.3, 0.4) is 0 Å². The third kappa shape index (κ3) is 6.09. The first-order chi connectivity index (χ1) is 12.8. The molecule has 1 aromatic rings. The van der Waals surface area contributed by atoms with Crippen LogP contribution in [0.15, 0.2) is 23.2 Å². The fourth-order valence-electron chi connectivity index (χ4n) is 2.98. The molecule has 1 aromatic carbocycles. The summed E-state index contributed by atoms with van der Waals surface area (Å²) in [6, 6.07) is 5.12. The highest BCUT2D eigenvalue weighted by atomic mass is 127. The van der Waals surface area contributed by atoms with Gasteiger partial charge in [0.25, 0.3) is 10.2 Å². The van der Waals surface area contributed by atoms with Crippen LogP contribution < -0.4 is 20.5 Å². The third-order valence-corrected chi connectivity index (χ3v) is 6.46. The predicted octanol–water partition coefficient (Wildman–Crippen LogP) is 1.71. The Hall–Kier alpha value is -1.31. The van der Waals surface area contributed by atoms with Crippen LogP contribution in [-0.4, -0.2) is 70.4 Å². The maximum Gasteiger partial charge on any atom is 0.281 e. The summed E-state index contributed by atoms with van der Waals surface area (Å²) in [6.07, 6.45) is 2.59. The minimum absolute atomic E-state index is 0. The van der Waals surface area contributed by atoms with Crippen LogP contribution in [0.1, 0.15) is 19.3 Å². The lowest BCUT2D eigenvalue weighted by Crippen LogP contribution is -2.50. The van der Waals surface area contributed by atoms with Gasteiger partial charge >= 0.3 is 0 Å². The monoisotopic (exact) mass is 527 g/mol. The summed E-state index contributed by atoms with van der Waals surface area (Å²) in [7, 11) is 2.74. The predicted molar refractivity (Wildman–Crippen MR) is 122 cm³/mol. The van der Waals surface area contributed by atoms with Gasteiger partial charge in [0.05, 0.1) is 20.8 Å². The van der Waals surface area contributed by atoms with E-state index in [2.05, 4.69) is 10.3 Å². The molecule has 11 heteroatoms. The van der Waals surface area contributed by atoms with Crippen LogP contribution in [0.5, 0.6) is 11.5 Å². The number of aliphatic imine (C=N–C) groups is 1. The average molecular weight is 527 g/mol. The number of nitrogens with zero attached hydrogens (tertiary/aromatic N) is 3. The zero-order chi connectivity index (χ0) is 20.0. The van der Waals surface area contributed by atoms with Crippen molar-refractivity contribution in [3.63, 3.8) is 0 Å². The van der Waals surface area contributed by atoms with Crippen molar-refractivity contribution in [1.82, 2.24) is 8.61 Å². The first kappa shape index (κ1) is 24.7. The Kier molecular flexibility index (Phi) is 9.74. The first-order valence-electron chi connectivity index (χ1n) is 8.78. The van der Waals surface area contributed by atoms with E-state index in [1.807, 2.05) is 0 Å². The van der Waals surface area contributed by atoms with Crippen molar-refractivity contribution in [1.29, 1.82) is 0 Å². The Morgan fingerprint density at radius 1 is 1.29 bits per heavy atom. The van der Waals surface area contributed by atoms with E-state index in [0.29, 0.717) is 30.3 Å². The molecule has 1 aliphatic heterocycles. The molecule has 9 nitrogen and oxygen atoms in total. The number of hydrogen-bond donors (Lipinski definition) is 2. The first-order valence-corrected chi connectivity index (χ1v) is 10.2. The van der Waals surface area contributed by atoms with Gasteiger partial charge in [0.1, 0.15) is 0 Å².